The fourth-order valence-corrected chi connectivity index (χ4v) is 3.16. The Hall–Kier alpha value is -1.35. The molecule has 0 amide bonds. The van der Waals surface area contributed by atoms with Crippen LogP contribution < -0.4 is 0 Å². The zero-order valence-electron chi connectivity index (χ0n) is 11.7. The second kappa shape index (κ2) is 5.33. The highest BCUT2D eigenvalue weighted by Crippen LogP contribution is 2.32. The summed E-state index contributed by atoms with van der Waals surface area (Å²) in [5.74, 6) is 0.910. The van der Waals surface area contributed by atoms with E-state index in [1.165, 1.54) is 18.4 Å². The molecule has 3 heteroatoms. The second-order valence-electron chi connectivity index (χ2n) is 5.85. The monoisotopic (exact) mass is 258 g/mol. The van der Waals surface area contributed by atoms with Crippen molar-refractivity contribution in [2.45, 2.75) is 32.9 Å². The molecule has 1 aromatic rings. The molecule has 0 unspecified atom stereocenters. The van der Waals surface area contributed by atoms with Crippen molar-refractivity contribution in [2.24, 2.45) is 17.0 Å². The maximum absolute atomic E-state index is 5.79. The summed E-state index contributed by atoms with van der Waals surface area (Å²) >= 11 is 0. The van der Waals surface area contributed by atoms with Crippen LogP contribution in [0.2, 0.25) is 0 Å². The van der Waals surface area contributed by atoms with Crippen LogP contribution in [0.3, 0.4) is 0 Å². The lowest BCUT2D eigenvalue weighted by Crippen LogP contribution is -2.41. The minimum atomic E-state index is 0.137. The van der Waals surface area contributed by atoms with Gasteiger partial charge >= 0.3 is 0 Å². The molecular formula is C16H22N2O. The van der Waals surface area contributed by atoms with Crippen molar-refractivity contribution in [3.8, 4) is 0 Å². The van der Waals surface area contributed by atoms with E-state index in [4.69, 9.17) is 4.84 Å². The van der Waals surface area contributed by atoms with E-state index in [1.54, 1.807) is 0 Å². The summed E-state index contributed by atoms with van der Waals surface area (Å²) in [6.07, 6.45) is 2.70. The van der Waals surface area contributed by atoms with Gasteiger partial charge < -0.3 is 4.84 Å². The van der Waals surface area contributed by atoms with Crippen molar-refractivity contribution in [2.75, 3.05) is 13.1 Å². The normalized spacial score (nSPS) is 27.6. The summed E-state index contributed by atoms with van der Waals surface area (Å²) in [4.78, 5) is 8.24. The van der Waals surface area contributed by atoms with Crippen LogP contribution in [0.4, 0.5) is 0 Å². The van der Waals surface area contributed by atoms with Gasteiger partial charge in [-0.3, -0.25) is 4.90 Å². The Morgan fingerprint density at radius 3 is 2.47 bits per heavy atom. The average Bonchev–Trinajstić information content (AvgIpc) is 3.08. The number of hydrogen-bond acceptors (Lipinski definition) is 3. The molecule has 0 radical (unpaired) electrons. The van der Waals surface area contributed by atoms with Crippen molar-refractivity contribution < 1.29 is 4.84 Å². The quantitative estimate of drug-likeness (QED) is 0.832. The van der Waals surface area contributed by atoms with E-state index in [0.29, 0.717) is 11.8 Å². The highest BCUT2D eigenvalue weighted by molar-refractivity contribution is 6.03. The maximum Gasteiger partial charge on any atom is 0.190 e. The van der Waals surface area contributed by atoms with Gasteiger partial charge in [0.25, 0.3) is 0 Å². The van der Waals surface area contributed by atoms with Crippen LogP contribution in [-0.2, 0) is 4.84 Å². The molecule has 0 spiro atoms. The fraction of sp³-hybridized carbons (Fsp3) is 0.562. The minimum absolute atomic E-state index is 0.137. The van der Waals surface area contributed by atoms with Crippen LogP contribution in [-0.4, -0.2) is 29.9 Å². The Bertz CT molecular complexity index is 449. The number of rotatable bonds is 3. The van der Waals surface area contributed by atoms with Gasteiger partial charge in [-0.2, -0.15) is 0 Å². The lowest BCUT2D eigenvalue weighted by molar-refractivity contribution is -0.0557. The minimum Gasteiger partial charge on any atom is -0.375 e. The lowest BCUT2D eigenvalue weighted by Gasteiger charge is -2.29. The molecule has 0 N–H and O–H groups in total. The third-order valence-corrected chi connectivity index (χ3v) is 4.17. The Kier molecular flexibility index (Phi) is 3.56. The molecule has 102 valence electrons. The molecule has 0 saturated carbocycles. The lowest BCUT2D eigenvalue weighted by atomic mass is 9.86. The Balaban J connectivity index is 1.85. The SMILES string of the molecule is CC(C)[C@H]1C(c2ccccc2)=NO[C@@H]1N1CCCC1. The van der Waals surface area contributed by atoms with E-state index in [2.05, 4.69) is 48.2 Å². The van der Waals surface area contributed by atoms with Gasteiger partial charge in [0.05, 0.1) is 11.6 Å². The van der Waals surface area contributed by atoms with Gasteiger partial charge in [0, 0.05) is 13.1 Å². The molecule has 3 rings (SSSR count). The van der Waals surface area contributed by atoms with Crippen molar-refractivity contribution in [3.63, 3.8) is 0 Å². The van der Waals surface area contributed by atoms with Gasteiger partial charge in [-0.05, 0) is 24.3 Å². The van der Waals surface area contributed by atoms with Gasteiger partial charge in [0.15, 0.2) is 6.23 Å². The Morgan fingerprint density at radius 2 is 1.84 bits per heavy atom. The number of hydrogen-bond donors (Lipinski definition) is 0. The van der Waals surface area contributed by atoms with Crippen molar-refractivity contribution in [1.82, 2.24) is 4.90 Å². The third kappa shape index (κ3) is 2.39. The molecule has 19 heavy (non-hydrogen) atoms. The van der Waals surface area contributed by atoms with Gasteiger partial charge in [0.2, 0.25) is 0 Å². The molecular weight excluding hydrogens is 236 g/mol. The predicted octanol–water partition coefficient (Wildman–Crippen LogP) is 3.12. The zero-order chi connectivity index (χ0) is 13.2. The molecule has 2 aliphatic heterocycles. The summed E-state index contributed by atoms with van der Waals surface area (Å²) in [6, 6.07) is 10.4. The molecule has 1 aromatic carbocycles. The third-order valence-electron chi connectivity index (χ3n) is 4.17. The number of nitrogens with zero attached hydrogens (tertiary/aromatic N) is 2. The Morgan fingerprint density at radius 1 is 1.16 bits per heavy atom. The van der Waals surface area contributed by atoms with Crippen LogP contribution in [0.1, 0.15) is 32.3 Å². The summed E-state index contributed by atoms with van der Waals surface area (Å²) in [5, 5.41) is 4.41. The van der Waals surface area contributed by atoms with E-state index in [9.17, 15) is 0 Å². The summed E-state index contributed by atoms with van der Waals surface area (Å²) < 4.78 is 0. The van der Waals surface area contributed by atoms with E-state index in [-0.39, 0.29) is 6.23 Å². The number of benzene rings is 1. The summed E-state index contributed by atoms with van der Waals surface area (Å²) in [7, 11) is 0. The molecule has 2 aliphatic rings. The maximum atomic E-state index is 5.79. The van der Waals surface area contributed by atoms with E-state index in [1.807, 2.05) is 6.07 Å². The van der Waals surface area contributed by atoms with Crippen molar-refractivity contribution >= 4 is 5.71 Å². The van der Waals surface area contributed by atoms with Crippen LogP contribution in [0.25, 0.3) is 0 Å². The first-order valence-electron chi connectivity index (χ1n) is 7.30. The van der Waals surface area contributed by atoms with Gasteiger partial charge in [0.1, 0.15) is 0 Å². The van der Waals surface area contributed by atoms with E-state index >= 15 is 0 Å². The molecule has 2 heterocycles. The number of likely N-dealkylation sites (tertiary alicyclic amines) is 1. The first kappa shape index (κ1) is 12.7. The molecule has 2 atom stereocenters. The predicted molar refractivity (Wildman–Crippen MR) is 77.0 cm³/mol. The van der Waals surface area contributed by atoms with Crippen LogP contribution in [0.15, 0.2) is 35.5 Å². The Labute approximate surface area is 115 Å². The summed E-state index contributed by atoms with van der Waals surface area (Å²) in [5.41, 5.74) is 2.32. The van der Waals surface area contributed by atoms with E-state index in [0.717, 1.165) is 18.8 Å². The summed E-state index contributed by atoms with van der Waals surface area (Å²) in [6.45, 7) is 6.82. The molecule has 0 bridgehead atoms. The largest absolute Gasteiger partial charge is 0.375 e. The molecule has 1 saturated heterocycles. The van der Waals surface area contributed by atoms with Crippen LogP contribution >= 0.6 is 0 Å². The zero-order valence-corrected chi connectivity index (χ0v) is 11.7. The molecule has 0 aliphatic carbocycles. The fourth-order valence-electron chi connectivity index (χ4n) is 3.16. The van der Waals surface area contributed by atoms with Crippen molar-refractivity contribution in [3.05, 3.63) is 35.9 Å². The first-order valence-corrected chi connectivity index (χ1v) is 7.30. The van der Waals surface area contributed by atoms with Gasteiger partial charge in [-0.15, -0.1) is 0 Å². The van der Waals surface area contributed by atoms with Crippen LogP contribution in [0, 0.1) is 11.8 Å². The molecule has 0 aromatic heterocycles. The average molecular weight is 258 g/mol. The topological polar surface area (TPSA) is 24.8 Å². The molecule has 3 nitrogen and oxygen atoms in total. The highest BCUT2D eigenvalue weighted by atomic mass is 16.7. The molecule has 1 fully saturated rings. The smallest absolute Gasteiger partial charge is 0.190 e. The standard InChI is InChI=1S/C16H22N2O/c1-12(2)14-15(13-8-4-3-5-9-13)17-19-16(14)18-10-6-7-11-18/h3-5,8-9,12,14,16H,6-7,10-11H2,1-2H3/t14-,16-/m0/s1. The van der Waals surface area contributed by atoms with Gasteiger partial charge in [-0.1, -0.05) is 49.3 Å². The first-order chi connectivity index (χ1) is 9.27. The van der Waals surface area contributed by atoms with Crippen LogP contribution in [0.5, 0.6) is 0 Å². The van der Waals surface area contributed by atoms with Gasteiger partial charge in [-0.25, -0.2) is 0 Å². The second-order valence-corrected chi connectivity index (χ2v) is 5.85. The van der Waals surface area contributed by atoms with E-state index < -0.39 is 0 Å². The number of oxime groups is 1. The van der Waals surface area contributed by atoms with Crippen molar-refractivity contribution in [1.29, 1.82) is 0 Å². The highest BCUT2D eigenvalue weighted by Gasteiger charge is 2.41.